The van der Waals surface area contributed by atoms with Crippen molar-refractivity contribution in [2.24, 2.45) is 0 Å². The summed E-state index contributed by atoms with van der Waals surface area (Å²) in [4.78, 5) is 0. The summed E-state index contributed by atoms with van der Waals surface area (Å²) in [6.45, 7) is 0. The second-order valence-electron chi connectivity index (χ2n) is 2.94. The van der Waals surface area contributed by atoms with Crippen molar-refractivity contribution in [1.82, 2.24) is 5.10 Å². The minimum Gasteiger partial charge on any atom is -0.395 e. The van der Waals surface area contributed by atoms with E-state index in [0.717, 1.165) is 5.69 Å². The van der Waals surface area contributed by atoms with E-state index in [1.807, 2.05) is 30.3 Å². The number of nitrogens with two attached hydrogens (primary N) is 2. The van der Waals surface area contributed by atoms with E-state index in [1.54, 1.807) is 16.9 Å². The lowest BCUT2D eigenvalue weighted by Crippen LogP contribution is -2.35. The van der Waals surface area contributed by atoms with Gasteiger partial charge in [-0.25, -0.2) is 0 Å². The molecule has 0 spiro atoms. The highest BCUT2D eigenvalue weighted by molar-refractivity contribution is 5.55. The molecule has 0 aliphatic rings. The first-order chi connectivity index (χ1) is 6.77. The fraction of sp³-hybridized carbons (Fsp3) is 0. The van der Waals surface area contributed by atoms with E-state index in [1.165, 1.54) is 0 Å². The number of hydrogen-bond donors (Lipinski definition) is 2. The Labute approximate surface area is 81.8 Å². The predicted molar refractivity (Wildman–Crippen MR) is 54.6 cm³/mol. The molecule has 1 aromatic carbocycles. The van der Waals surface area contributed by atoms with Crippen LogP contribution in [0.3, 0.4) is 0 Å². The molecule has 0 saturated carbocycles. The highest BCUT2D eigenvalue weighted by atomic mass is 15.3. The molecule has 0 bridgehead atoms. The SMILES string of the molecule is Nc1cc[n+](-c2ccccc2)nc1N. The lowest BCUT2D eigenvalue weighted by Gasteiger charge is -1.96. The summed E-state index contributed by atoms with van der Waals surface area (Å²) < 4.78 is 1.69. The van der Waals surface area contributed by atoms with Crippen LogP contribution in [0.15, 0.2) is 42.6 Å². The van der Waals surface area contributed by atoms with Gasteiger partial charge in [0, 0.05) is 23.3 Å². The van der Waals surface area contributed by atoms with Crippen LogP contribution >= 0.6 is 0 Å². The Morgan fingerprint density at radius 3 is 2.36 bits per heavy atom. The third-order valence-electron chi connectivity index (χ3n) is 1.93. The molecule has 4 N–H and O–H groups in total. The smallest absolute Gasteiger partial charge is 0.238 e. The Balaban J connectivity index is 2.48. The maximum absolute atomic E-state index is 5.60. The molecule has 1 heterocycles. The van der Waals surface area contributed by atoms with Gasteiger partial charge in [0.15, 0.2) is 0 Å². The van der Waals surface area contributed by atoms with Crippen LogP contribution in [0.2, 0.25) is 0 Å². The zero-order chi connectivity index (χ0) is 9.97. The van der Waals surface area contributed by atoms with Crippen molar-refractivity contribution in [3.63, 3.8) is 0 Å². The van der Waals surface area contributed by atoms with Crippen LogP contribution in [0.1, 0.15) is 0 Å². The van der Waals surface area contributed by atoms with Crippen LogP contribution in [0.25, 0.3) is 5.69 Å². The molecule has 0 fully saturated rings. The first-order valence-corrected chi connectivity index (χ1v) is 4.27. The number of benzene rings is 1. The van der Waals surface area contributed by atoms with Crippen molar-refractivity contribution in [3.8, 4) is 5.69 Å². The van der Waals surface area contributed by atoms with E-state index < -0.39 is 0 Å². The molecular weight excluding hydrogens is 176 g/mol. The summed E-state index contributed by atoms with van der Waals surface area (Å²) in [5.74, 6) is 0.344. The molecular formula is C10H11N4+. The second-order valence-corrected chi connectivity index (χ2v) is 2.94. The van der Waals surface area contributed by atoms with Crippen LogP contribution in [-0.2, 0) is 0 Å². The van der Waals surface area contributed by atoms with Crippen LogP contribution in [0, 0.1) is 0 Å². The largest absolute Gasteiger partial charge is 0.395 e. The number of rotatable bonds is 1. The van der Waals surface area contributed by atoms with Gasteiger partial charge in [0.2, 0.25) is 17.7 Å². The predicted octanol–water partition coefficient (Wildman–Crippen LogP) is 0.523. The summed E-state index contributed by atoms with van der Waals surface area (Å²) in [5, 5.41) is 4.11. The van der Waals surface area contributed by atoms with Crippen LogP contribution in [-0.4, -0.2) is 5.10 Å². The molecule has 0 unspecified atom stereocenters. The molecule has 14 heavy (non-hydrogen) atoms. The van der Waals surface area contributed by atoms with Gasteiger partial charge in [-0.3, -0.25) is 0 Å². The first kappa shape index (κ1) is 8.50. The highest BCUT2D eigenvalue weighted by Gasteiger charge is 2.08. The number of hydrogen-bond acceptors (Lipinski definition) is 3. The van der Waals surface area contributed by atoms with E-state index in [9.17, 15) is 0 Å². The molecule has 0 saturated heterocycles. The van der Waals surface area contributed by atoms with Gasteiger partial charge in [0.1, 0.15) is 0 Å². The van der Waals surface area contributed by atoms with Crippen LogP contribution < -0.4 is 16.1 Å². The minimum atomic E-state index is 0.344. The number of nitrogens with zero attached hydrogens (tertiary/aromatic N) is 2. The molecule has 4 nitrogen and oxygen atoms in total. The van der Waals surface area contributed by atoms with Gasteiger partial charge in [0.05, 0.1) is 5.69 Å². The monoisotopic (exact) mass is 187 g/mol. The number of aromatic nitrogens is 2. The van der Waals surface area contributed by atoms with Crippen molar-refractivity contribution < 1.29 is 4.68 Å². The van der Waals surface area contributed by atoms with E-state index in [0.29, 0.717) is 11.5 Å². The van der Waals surface area contributed by atoms with E-state index in [4.69, 9.17) is 11.5 Å². The van der Waals surface area contributed by atoms with Crippen LogP contribution in [0.5, 0.6) is 0 Å². The standard InChI is InChI=1S/C10H10N4/c11-9-6-7-14(13-10(9)12)8-4-2-1-3-5-8/h1-7,11H,(H2,12,13)/p+1. The normalized spacial score (nSPS) is 10.0. The maximum atomic E-state index is 5.60. The molecule has 2 aromatic rings. The molecule has 0 aliphatic heterocycles. The van der Waals surface area contributed by atoms with Crippen LogP contribution in [0.4, 0.5) is 11.5 Å². The molecule has 0 atom stereocenters. The lowest BCUT2D eigenvalue weighted by molar-refractivity contribution is -0.658. The lowest BCUT2D eigenvalue weighted by atomic mass is 10.3. The van der Waals surface area contributed by atoms with Crippen molar-refractivity contribution in [1.29, 1.82) is 0 Å². The summed E-state index contributed by atoms with van der Waals surface area (Å²) in [6.07, 6.45) is 1.78. The Hall–Kier alpha value is -2.10. The third kappa shape index (κ3) is 1.50. The van der Waals surface area contributed by atoms with E-state index in [-0.39, 0.29) is 0 Å². The van der Waals surface area contributed by atoms with Gasteiger partial charge >= 0.3 is 0 Å². The average Bonchev–Trinajstić information content (AvgIpc) is 2.23. The Morgan fingerprint density at radius 1 is 1.00 bits per heavy atom. The summed E-state index contributed by atoms with van der Waals surface area (Å²) in [7, 11) is 0. The fourth-order valence-electron chi connectivity index (χ4n) is 1.17. The van der Waals surface area contributed by atoms with Crippen molar-refractivity contribution >= 4 is 11.5 Å². The Kier molecular flexibility index (Phi) is 2.02. The number of nitrogen functional groups attached to an aromatic ring is 2. The molecule has 0 radical (unpaired) electrons. The van der Waals surface area contributed by atoms with Crippen molar-refractivity contribution in [3.05, 3.63) is 42.6 Å². The fourth-order valence-corrected chi connectivity index (χ4v) is 1.17. The first-order valence-electron chi connectivity index (χ1n) is 4.27. The Bertz CT molecular complexity index is 439. The van der Waals surface area contributed by atoms with E-state index in [2.05, 4.69) is 5.10 Å². The van der Waals surface area contributed by atoms with Gasteiger partial charge in [-0.1, -0.05) is 22.9 Å². The summed E-state index contributed by atoms with van der Waals surface area (Å²) in [6, 6.07) is 11.5. The zero-order valence-corrected chi connectivity index (χ0v) is 7.59. The quantitative estimate of drug-likeness (QED) is 0.639. The van der Waals surface area contributed by atoms with Gasteiger partial charge in [-0.05, 0) is 0 Å². The molecule has 70 valence electrons. The topological polar surface area (TPSA) is 68.8 Å². The Morgan fingerprint density at radius 2 is 1.71 bits per heavy atom. The average molecular weight is 187 g/mol. The molecule has 0 amide bonds. The molecule has 4 heteroatoms. The van der Waals surface area contributed by atoms with Gasteiger partial charge < -0.3 is 11.5 Å². The van der Waals surface area contributed by atoms with Crippen molar-refractivity contribution in [2.45, 2.75) is 0 Å². The maximum Gasteiger partial charge on any atom is 0.238 e. The minimum absolute atomic E-state index is 0.344. The summed E-state index contributed by atoms with van der Waals surface area (Å²) >= 11 is 0. The highest BCUT2D eigenvalue weighted by Crippen LogP contribution is 2.06. The summed E-state index contributed by atoms with van der Waals surface area (Å²) in [5.41, 5.74) is 12.6. The molecule has 1 aromatic heterocycles. The van der Waals surface area contributed by atoms with E-state index >= 15 is 0 Å². The molecule has 2 rings (SSSR count). The zero-order valence-electron chi connectivity index (χ0n) is 7.59. The van der Waals surface area contributed by atoms with Gasteiger partial charge in [-0.15, -0.1) is 0 Å². The molecule has 0 aliphatic carbocycles. The third-order valence-corrected chi connectivity index (χ3v) is 1.93. The van der Waals surface area contributed by atoms with Crippen molar-refractivity contribution in [2.75, 3.05) is 11.5 Å². The second kappa shape index (κ2) is 3.33. The number of anilines is 2. The van der Waals surface area contributed by atoms with Gasteiger partial charge in [0.25, 0.3) is 0 Å². The van der Waals surface area contributed by atoms with Gasteiger partial charge in [-0.2, -0.15) is 0 Å². The number of para-hydroxylation sites is 1.